The number of carbonyl (C=O) groups is 2. The number of halogens is 1. The Bertz CT molecular complexity index is 1060. The number of ether oxygens (including phenoxy) is 1. The van der Waals surface area contributed by atoms with Gasteiger partial charge < -0.3 is 9.84 Å². The second-order valence-electron chi connectivity index (χ2n) is 6.45. The van der Waals surface area contributed by atoms with Crippen LogP contribution in [0.4, 0.5) is 0 Å². The summed E-state index contributed by atoms with van der Waals surface area (Å²) in [5.74, 6) is -1.07. The summed E-state index contributed by atoms with van der Waals surface area (Å²) in [7, 11) is 0. The van der Waals surface area contributed by atoms with Gasteiger partial charge >= 0.3 is 5.97 Å². The molecule has 3 aromatic rings. The Labute approximate surface area is 171 Å². The minimum absolute atomic E-state index is 0.0459. The monoisotopic (exact) mass is 441 g/mol. The van der Waals surface area contributed by atoms with Crippen molar-refractivity contribution in [1.82, 2.24) is 4.98 Å². The number of hydrogen-bond donors (Lipinski definition) is 1. The number of rotatable bonds is 6. The zero-order valence-corrected chi connectivity index (χ0v) is 17.2. The summed E-state index contributed by atoms with van der Waals surface area (Å²) in [6.07, 6.45) is -0.117. The van der Waals surface area contributed by atoms with Crippen molar-refractivity contribution in [3.8, 4) is 16.9 Å². The van der Waals surface area contributed by atoms with Crippen LogP contribution in [0.1, 0.15) is 35.8 Å². The first-order valence-electron chi connectivity index (χ1n) is 8.98. The van der Waals surface area contributed by atoms with Crippen molar-refractivity contribution < 1.29 is 19.4 Å². The van der Waals surface area contributed by atoms with Crippen molar-refractivity contribution in [2.45, 2.75) is 26.7 Å². The second kappa shape index (κ2) is 8.52. The van der Waals surface area contributed by atoms with Crippen LogP contribution in [-0.4, -0.2) is 28.4 Å². The summed E-state index contributed by atoms with van der Waals surface area (Å²) in [5.41, 5.74) is 3.73. The highest BCUT2D eigenvalue weighted by molar-refractivity contribution is 9.10. The topological polar surface area (TPSA) is 76.5 Å². The number of aromatic nitrogens is 1. The van der Waals surface area contributed by atoms with Crippen LogP contribution in [0.15, 0.2) is 46.9 Å². The van der Waals surface area contributed by atoms with Crippen molar-refractivity contribution in [1.29, 1.82) is 0 Å². The number of esters is 1. The molecule has 0 spiro atoms. The van der Waals surface area contributed by atoms with Crippen molar-refractivity contribution >= 4 is 38.6 Å². The number of pyridine rings is 1. The van der Waals surface area contributed by atoms with E-state index in [0.717, 1.165) is 16.7 Å². The molecule has 0 aliphatic heterocycles. The fourth-order valence-electron chi connectivity index (χ4n) is 2.98. The number of carbonyl (C=O) groups excluding carboxylic acids is 2. The smallest absolute Gasteiger partial charge is 0.306 e. The zero-order chi connectivity index (χ0) is 20.3. The van der Waals surface area contributed by atoms with Gasteiger partial charge in [-0.2, -0.15) is 0 Å². The predicted molar refractivity (Wildman–Crippen MR) is 111 cm³/mol. The van der Waals surface area contributed by atoms with Crippen molar-refractivity contribution in [2.24, 2.45) is 0 Å². The van der Waals surface area contributed by atoms with Gasteiger partial charge in [0.25, 0.3) is 0 Å². The van der Waals surface area contributed by atoms with Crippen LogP contribution in [0.5, 0.6) is 5.75 Å². The van der Waals surface area contributed by atoms with Crippen molar-refractivity contribution in [3.63, 3.8) is 0 Å². The highest BCUT2D eigenvalue weighted by atomic mass is 79.9. The largest absolute Gasteiger partial charge is 0.504 e. The molecule has 6 heteroatoms. The van der Waals surface area contributed by atoms with Gasteiger partial charge in [-0.3, -0.25) is 9.59 Å². The molecule has 0 unspecified atom stereocenters. The maximum Gasteiger partial charge on any atom is 0.306 e. The van der Waals surface area contributed by atoms with E-state index in [-0.39, 0.29) is 30.9 Å². The Balaban J connectivity index is 1.95. The van der Waals surface area contributed by atoms with Gasteiger partial charge in [0, 0.05) is 11.8 Å². The average Bonchev–Trinajstić information content (AvgIpc) is 2.69. The fourth-order valence-corrected chi connectivity index (χ4v) is 3.49. The van der Waals surface area contributed by atoms with E-state index in [1.165, 1.54) is 0 Å². The standard InChI is InChI=1S/C22H20BrNO4/c1-3-28-19(26)10-9-18(25)21-22(27)20(23)16-12-15(7-8-17(16)24-21)14-6-4-5-13(2)11-14/h4-8,11-12,27H,3,9-10H2,1-2H3. The SMILES string of the molecule is CCOC(=O)CCC(=O)c1nc2ccc(-c3cccc(C)c3)cc2c(Br)c1O. The molecular weight excluding hydrogens is 422 g/mol. The molecule has 1 N–H and O–H groups in total. The molecule has 144 valence electrons. The average molecular weight is 442 g/mol. The van der Waals surface area contributed by atoms with Gasteiger partial charge in [0.1, 0.15) is 5.69 Å². The summed E-state index contributed by atoms with van der Waals surface area (Å²) in [5, 5.41) is 11.2. The van der Waals surface area contributed by atoms with E-state index in [9.17, 15) is 14.7 Å². The number of ketones is 1. The maximum absolute atomic E-state index is 12.4. The third-order valence-corrected chi connectivity index (χ3v) is 5.18. The molecule has 0 amide bonds. The van der Waals surface area contributed by atoms with Crippen molar-refractivity contribution in [2.75, 3.05) is 6.61 Å². The highest BCUT2D eigenvalue weighted by Gasteiger charge is 2.20. The number of fused-ring (bicyclic) bond motifs is 1. The van der Waals surface area contributed by atoms with E-state index in [1.54, 1.807) is 6.92 Å². The van der Waals surface area contributed by atoms with Crippen LogP contribution in [0.3, 0.4) is 0 Å². The van der Waals surface area contributed by atoms with Gasteiger partial charge in [0.2, 0.25) is 0 Å². The quantitative estimate of drug-likeness (QED) is 0.419. The third kappa shape index (κ3) is 4.22. The number of Topliss-reactive ketones (excluding diaryl/α,β-unsaturated/α-hetero) is 1. The Morgan fingerprint density at radius 1 is 1.11 bits per heavy atom. The summed E-state index contributed by atoms with van der Waals surface area (Å²) >= 11 is 3.39. The van der Waals surface area contributed by atoms with Crippen LogP contribution in [-0.2, 0) is 9.53 Å². The molecule has 3 rings (SSSR count). The predicted octanol–water partition coefficient (Wildman–Crippen LogP) is 5.20. The number of benzene rings is 2. The number of aryl methyl sites for hydroxylation is 1. The number of hydrogen-bond acceptors (Lipinski definition) is 5. The van der Waals surface area contributed by atoms with Gasteiger partial charge in [0.15, 0.2) is 11.5 Å². The molecule has 1 heterocycles. The summed E-state index contributed by atoms with van der Waals surface area (Å²) < 4.78 is 5.24. The van der Waals surface area contributed by atoms with Crippen LogP contribution in [0.25, 0.3) is 22.0 Å². The molecule has 0 aliphatic rings. The van der Waals surface area contributed by atoms with Crippen LogP contribution < -0.4 is 0 Å². The molecule has 0 aliphatic carbocycles. The molecule has 0 saturated carbocycles. The highest BCUT2D eigenvalue weighted by Crippen LogP contribution is 2.36. The Morgan fingerprint density at radius 2 is 1.86 bits per heavy atom. The molecule has 28 heavy (non-hydrogen) atoms. The van der Waals surface area contributed by atoms with Gasteiger partial charge in [-0.05, 0) is 53.0 Å². The zero-order valence-electron chi connectivity index (χ0n) is 15.7. The Morgan fingerprint density at radius 3 is 2.57 bits per heavy atom. The van der Waals surface area contributed by atoms with E-state index in [2.05, 4.69) is 27.0 Å². The van der Waals surface area contributed by atoms with E-state index in [0.29, 0.717) is 15.4 Å². The Kier molecular flexibility index (Phi) is 6.09. The number of nitrogens with zero attached hydrogens (tertiary/aromatic N) is 1. The molecule has 0 fully saturated rings. The third-order valence-electron chi connectivity index (χ3n) is 4.37. The Hall–Kier alpha value is -2.73. The van der Waals surface area contributed by atoms with E-state index in [4.69, 9.17) is 4.74 Å². The van der Waals surface area contributed by atoms with Gasteiger partial charge in [-0.15, -0.1) is 0 Å². The lowest BCUT2D eigenvalue weighted by atomic mass is 10.0. The summed E-state index contributed by atoms with van der Waals surface area (Å²) in [6, 6.07) is 13.8. The van der Waals surface area contributed by atoms with Gasteiger partial charge in [-0.25, -0.2) is 4.98 Å². The minimum Gasteiger partial charge on any atom is -0.504 e. The fraction of sp³-hybridized carbons (Fsp3) is 0.227. The molecule has 0 bridgehead atoms. The first-order valence-corrected chi connectivity index (χ1v) is 9.78. The minimum atomic E-state index is -0.446. The van der Waals surface area contributed by atoms with Crippen LogP contribution in [0.2, 0.25) is 0 Å². The maximum atomic E-state index is 12.4. The number of aromatic hydroxyl groups is 1. The first kappa shape index (κ1) is 20.0. The normalized spacial score (nSPS) is 10.8. The lowest BCUT2D eigenvalue weighted by Crippen LogP contribution is -2.09. The summed E-state index contributed by atoms with van der Waals surface area (Å²) in [6.45, 7) is 4.00. The molecule has 0 atom stereocenters. The van der Waals surface area contributed by atoms with E-state index < -0.39 is 11.8 Å². The second-order valence-corrected chi connectivity index (χ2v) is 7.25. The molecular formula is C22H20BrNO4. The first-order chi connectivity index (χ1) is 13.4. The molecule has 5 nitrogen and oxygen atoms in total. The molecule has 0 saturated heterocycles. The van der Waals surface area contributed by atoms with Gasteiger partial charge in [0.05, 0.1) is 23.0 Å². The van der Waals surface area contributed by atoms with E-state index >= 15 is 0 Å². The lowest BCUT2D eigenvalue weighted by Gasteiger charge is -2.10. The van der Waals surface area contributed by atoms with E-state index in [1.807, 2.05) is 43.3 Å². The van der Waals surface area contributed by atoms with Crippen molar-refractivity contribution in [3.05, 3.63) is 58.2 Å². The molecule has 2 aromatic carbocycles. The van der Waals surface area contributed by atoms with Gasteiger partial charge in [-0.1, -0.05) is 35.9 Å². The summed E-state index contributed by atoms with van der Waals surface area (Å²) in [4.78, 5) is 28.2. The van der Waals surface area contributed by atoms with Crippen LogP contribution >= 0.6 is 15.9 Å². The lowest BCUT2D eigenvalue weighted by molar-refractivity contribution is -0.143. The molecule has 0 radical (unpaired) electrons. The molecule has 1 aromatic heterocycles. The van der Waals surface area contributed by atoms with Crippen LogP contribution in [0, 0.1) is 6.92 Å².